The third-order valence-corrected chi connectivity index (χ3v) is 4.13. The van der Waals surface area contributed by atoms with Gasteiger partial charge in [0.15, 0.2) is 0 Å². The Morgan fingerprint density at radius 2 is 1.64 bits per heavy atom. The molecule has 2 rings (SSSR count). The zero-order valence-corrected chi connectivity index (χ0v) is 16.1. The van der Waals surface area contributed by atoms with Gasteiger partial charge in [0.25, 0.3) is 11.6 Å². The first-order chi connectivity index (χ1) is 13.0. The Morgan fingerprint density at radius 3 is 2.21 bits per heavy atom. The number of hydrogen-bond donors (Lipinski definition) is 3. The lowest BCUT2D eigenvalue weighted by Crippen LogP contribution is -2.18. The fraction of sp³-hybridized carbons (Fsp3) is 0.176. The number of rotatable bonds is 6. The molecule has 0 radical (unpaired) electrons. The van der Waals surface area contributed by atoms with Gasteiger partial charge in [-0.2, -0.15) is 0 Å². The molecular formula is C17H18N4O6S. The van der Waals surface area contributed by atoms with E-state index in [4.69, 9.17) is 0 Å². The van der Waals surface area contributed by atoms with Crippen molar-refractivity contribution in [1.29, 1.82) is 0 Å². The number of anilines is 3. The summed E-state index contributed by atoms with van der Waals surface area (Å²) in [5, 5.41) is 16.1. The molecular weight excluding hydrogens is 388 g/mol. The van der Waals surface area contributed by atoms with Crippen molar-refractivity contribution in [1.82, 2.24) is 0 Å². The third-order valence-electron chi connectivity index (χ3n) is 3.54. The zero-order chi connectivity index (χ0) is 21.1. The largest absolute Gasteiger partial charge is 0.326 e. The lowest BCUT2D eigenvalue weighted by molar-refractivity contribution is -0.385. The molecule has 148 valence electrons. The Kier molecular flexibility index (Phi) is 5.99. The van der Waals surface area contributed by atoms with E-state index in [1.54, 1.807) is 6.92 Å². The Morgan fingerprint density at radius 1 is 1.04 bits per heavy atom. The Labute approximate surface area is 161 Å². The van der Waals surface area contributed by atoms with Gasteiger partial charge in [0.05, 0.1) is 22.4 Å². The first-order valence-corrected chi connectivity index (χ1v) is 9.81. The fourth-order valence-corrected chi connectivity index (χ4v) is 2.96. The lowest BCUT2D eigenvalue weighted by atomic mass is 10.1. The summed E-state index contributed by atoms with van der Waals surface area (Å²) in [7, 11) is -3.67. The van der Waals surface area contributed by atoms with Crippen LogP contribution < -0.4 is 15.4 Å². The number of nitrogens with zero attached hydrogens (tertiary/aromatic N) is 1. The second kappa shape index (κ2) is 8.05. The molecule has 0 saturated carbocycles. The van der Waals surface area contributed by atoms with Crippen LogP contribution in [0.5, 0.6) is 0 Å². The molecule has 0 spiro atoms. The molecule has 0 fully saturated rings. The SMILES string of the molecule is CC(=O)Nc1ccc(NS(C)(=O)=O)c(C(=O)Nc2ccc(C)c([N+](=O)[O-])c2)c1. The number of benzene rings is 2. The van der Waals surface area contributed by atoms with Crippen molar-refractivity contribution < 1.29 is 22.9 Å². The summed E-state index contributed by atoms with van der Waals surface area (Å²) in [5.74, 6) is -1.08. The van der Waals surface area contributed by atoms with Crippen LogP contribution >= 0.6 is 0 Å². The van der Waals surface area contributed by atoms with E-state index in [0.717, 1.165) is 6.26 Å². The highest BCUT2D eigenvalue weighted by Crippen LogP contribution is 2.26. The van der Waals surface area contributed by atoms with Crippen molar-refractivity contribution in [3.63, 3.8) is 0 Å². The van der Waals surface area contributed by atoms with Gasteiger partial charge in [0.2, 0.25) is 15.9 Å². The molecule has 2 amide bonds. The molecule has 3 N–H and O–H groups in total. The highest BCUT2D eigenvalue weighted by molar-refractivity contribution is 7.92. The van der Waals surface area contributed by atoms with Crippen molar-refractivity contribution in [3.05, 3.63) is 57.6 Å². The van der Waals surface area contributed by atoms with Gasteiger partial charge in [0.1, 0.15) is 0 Å². The molecule has 0 bridgehead atoms. The molecule has 10 nitrogen and oxygen atoms in total. The Bertz CT molecular complexity index is 1070. The highest BCUT2D eigenvalue weighted by atomic mass is 32.2. The van der Waals surface area contributed by atoms with Gasteiger partial charge in [-0.1, -0.05) is 6.07 Å². The quantitative estimate of drug-likeness (QED) is 0.496. The van der Waals surface area contributed by atoms with E-state index in [0.29, 0.717) is 5.56 Å². The molecule has 0 unspecified atom stereocenters. The Balaban J connectivity index is 2.42. The van der Waals surface area contributed by atoms with E-state index < -0.39 is 20.9 Å². The van der Waals surface area contributed by atoms with Crippen LogP contribution in [0.1, 0.15) is 22.8 Å². The monoisotopic (exact) mass is 406 g/mol. The van der Waals surface area contributed by atoms with Crippen LogP contribution in [-0.4, -0.2) is 31.4 Å². The third kappa shape index (κ3) is 5.51. The minimum absolute atomic E-state index is 0.00397. The van der Waals surface area contributed by atoms with E-state index in [2.05, 4.69) is 15.4 Å². The van der Waals surface area contributed by atoms with Crippen LogP contribution in [0.25, 0.3) is 0 Å². The molecule has 28 heavy (non-hydrogen) atoms. The molecule has 0 aliphatic carbocycles. The van der Waals surface area contributed by atoms with Gasteiger partial charge in [-0.05, 0) is 31.2 Å². The number of sulfonamides is 1. The maximum atomic E-state index is 12.7. The van der Waals surface area contributed by atoms with Crippen molar-refractivity contribution >= 4 is 44.6 Å². The maximum Gasteiger partial charge on any atom is 0.274 e. The summed E-state index contributed by atoms with van der Waals surface area (Å²) in [5.41, 5.74) is 0.633. The van der Waals surface area contributed by atoms with E-state index in [1.165, 1.54) is 43.3 Å². The van der Waals surface area contributed by atoms with Gasteiger partial charge >= 0.3 is 0 Å². The average Bonchev–Trinajstić information content (AvgIpc) is 2.56. The zero-order valence-electron chi connectivity index (χ0n) is 15.3. The van der Waals surface area contributed by atoms with Crippen LogP contribution in [0.3, 0.4) is 0 Å². The van der Waals surface area contributed by atoms with Gasteiger partial charge in [-0.25, -0.2) is 8.42 Å². The number of nitro groups is 1. The molecule has 0 aliphatic rings. The Hall–Kier alpha value is -3.47. The van der Waals surface area contributed by atoms with E-state index >= 15 is 0 Å². The minimum Gasteiger partial charge on any atom is -0.326 e. The molecule has 11 heteroatoms. The maximum absolute atomic E-state index is 12.7. The molecule has 2 aromatic carbocycles. The topological polar surface area (TPSA) is 148 Å². The normalized spacial score (nSPS) is 10.8. The first-order valence-electron chi connectivity index (χ1n) is 7.92. The van der Waals surface area contributed by atoms with Crippen LogP contribution in [0, 0.1) is 17.0 Å². The number of nitrogens with one attached hydrogen (secondary N) is 3. The fourth-order valence-electron chi connectivity index (χ4n) is 2.38. The number of nitro benzene ring substituents is 1. The van der Waals surface area contributed by atoms with Gasteiger partial charge < -0.3 is 10.6 Å². The molecule has 0 heterocycles. The van der Waals surface area contributed by atoms with Crippen LogP contribution in [-0.2, 0) is 14.8 Å². The molecule has 0 aromatic heterocycles. The van der Waals surface area contributed by atoms with E-state index in [9.17, 15) is 28.1 Å². The van der Waals surface area contributed by atoms with Gasteiger partial charge in [0, 0.05) is 29.9 Å². The minimum atomic E-state index is -3.67. The number of aryl methyl sites for hydroxylation is 1. The smallest absolute Gasteiger partial charge is 0.274 e. The number of carbonyl (C=O) groups is 2. The summed E-state index contributed by atoms with van der Waals surface area (Å²) in [4.78, 5) is 34.4. The first kappa shape index (κ1) is 20.8. The molecule has 0 atom stereocenters. The van der Waals surface area contributed by atoms with Crippen molar-refractivity contribution in [2.45, 2.75) is 13.8 Å². The van der Waals surface area contributed by atoms with E-state index in [1.807, 2.05) is 0 Å². The van der Waals surface area contributed by atoms with Gasteiger partial charge in [-0.3, -0.25) is 24.4 Å². The second-order valence-electron chi connectivity index (χ2n) is 6.03. The van der Waals surface area contributed by atoms with Crippen molar-refractivity contribution in [2.24, 2.45) is 0 Å². The van der Waals surface area contributed by atoms with Crippen molar-refractivity contribution in [2.75, 3.05) is 21.6 Å². The molecule has 0 aliphatic heterocycles. The van der Waals surface area contributed by atoms with Crippen LogP contribution in [0.15, 0.2) is 36.4 Å². The van der Waals surface area contributed by atoms with E-state index in [-0.39, 0.29) is 34.2 Å². The van der Waals surface area contributed by atoms with Crippen LogP contribution in [0.4, 0.5) is 22.7 Å². The van der Waals surface area contributed by atoms with Gasteiger partial charge in [-0.15, -0.1) is 0 Å². The molecule has 2 aromatic rings. The second-order valence-corrected chi connectivity index (χ2v) is 7.78. The summed E-state index contributed by atoms with van der Waals surface area (Å²) >= 11 is 0. The summed E-state index contributed by atoms with van der Waals surface area (Å²) < 4.78 is 25.4. The van der Waals surface area contributed by atoms with Crippen molar-refractivity contribution in [3.8, 4) is 0 Å². The predicted molar refractivity (Wildman–Crippen MR) is 105 cm³/mol. The lowest BCUT2D eigenvalue weighted by Gasteiger charge is -2.13. The van der Waals surface area contributed by atoms with Crippen LogP contribution in [0.2, 0.25) is 0 Å². The number of hydrogen-bond acceptors (Lipinski definition) is 6. The summed E-state index contributed by atoms with van der Waals surface area (Å²) in [6.07, 6.45) is 0.930. The summed E-state index contributed by atoms with van der Waals surface area (Å²) in [6.45, 7) is 2.85. The number of amides is 2. The summed E-state index contributed by atoms with van der Waals surface area (Å²) in [6, 6.07) is 8.24. The highest BCUT2D eigenvalue weighted by Gasteiger charge is 2.18. The average molecular weight is 406 g/mol. The predicted octanol–water partition coefficient (Wildman–Crippen LogP) is 2.49. The standard InChI is InChI=1S/C17H18N4O6S/c1-10-4-5-13(9-16(10)21(24)25)19-17(23)14-8-12(18-11(2)22)6-7-15(14)20-28(3,26)27/h4-9,20H,1-3H3,(H,18,22)(H,19,23). The number of carbonyl (C=O) groups excluding carboxylic acids is 2. The molecule has 0 saturated heterocycles.